The van der Waals surface area contributed by atoms with Crippen LogP contribution in [0.4, 0.5) is 0 Å². The maximum absolute atomic E-state index is 6.03. The molecule has 3 atom stereocenters. The molecule has 1 nitrogen and oxygen atoms in total. The van der Waals surface area contributed by atoms with Crippen molar-refractivity contribution >= 4 is 0 Å². The molecule has 2 aliphatic rings. The highest BCUT2D eigenvalue weighted by Crippen LogP contribution is 2.70. The lowest BCUT2D eigenvalue weighted by Gasteiger charge is -2.27. The van der Waals surface area contributed by atoms with Gasteiger partial charge in [-0.1, -0.05) is 27.2 Å². The summed E-state index contributed by atoms with van der Waals surface area (Å²) in [6, 6.07) is 0. The molecule has 0 aromatic heterocycles. The summed E-state index contributed by atoms with van der Waals surface area (Å²) in [6.07, 6.45) is 4.08. The zero-order chi connectivity index (χ0) is 9.69. The molecule has 2 aliphatic carbocycles. The summed E-state index contributed by atoms with van der Waals surface area (Å²) < 4.78 is 6.03. The van der Waals surface area contributed by atoms with Crippen molar-refractivity contribution in [2.75, 3.05) is 6.61 Å². The molecule has 0 bridgehead atoms. The van der Waals surface area contributed by atoms with Crippen LogP contribution in [0.15, 0.2) is 0 Å². The van der Waals surface area contributed by atoms with Crippen molar-refractivity contribution < 1.29 is 4.74 Å². The Kier molecular flexibility index (Phi) is 1.99. The summed E-state index contributed by atoms with van der Waals surface area (Å²) in [4.78, 5) is 0. The molecule has 0 radical (unpaired) electrons. The topological polar surface area (TPSA) is 9.23 Å². The number of rotatable bonds is 2. The van der Waals surface area contributed by atoms with Gasteiger partial charge < -0.3 is 4.74 Å². The van der Waals surface area contributed by atoms with E-state index in [9.17, 15) is 0 Å². The molecule has 3 unspecified atom stereocenters. The zero-order valence-corrected chi connectivity index (χ0v) is 9.39. The molecule has 0 aliphatic heterocycles. The standard InChI is InChI=1S/C12H22O/c1-5-13-12-8-9(2)6-7-10(12)11(12,3)4/h9-10H,5-8H2,1-4H3. The predicted octanol–water partition coefficient (Wildman–Crippen LogP) is 3.24. The van der Waals surface area contributed by atoms with Gasteiger partial charge in [0.1, 0.15) is 0 Å². The highest BCUT2D eigenvalue weighted by Gasteiger charge is 2.72. The van der Waals surface area contributed by atoms with E-state index in [0.717, 1.165) is 18.4 Å². The maximum Gasteiger partial charge on any atom is 0.0773 e. The van der Waals surface area contributed by atoms with E-state index in [4.69, 9.17) is 4.74 Å². The number of fused-ring (bicyclic) bond motifs is 1. The Morgan fingerprint density at radius 3 is 2.62 bits per heavy atom. The molecular formula is C12H22O. The largest absolute Gasteiger partial charge is 0.374 e. The molecule has 0 aromatic carbocycles. The summed E-state index contributed by atoms with van der Waals surface area (Å²) in [7, 11) is 0. The van der Waals surface area contributed by atoms with Gasteiger partial charge in [-0.15, -0.1) is 0 Å². The minimum atomic E-state index is 0.263. The number of ether oxygens (including phenoxy) is 1. The van der Waals surface area contributed by atoms with Crippen molar-refractivity contribution in [3.8, 4) is 0 Å². The summed E-state index contributed by atoms with van der Waals surface area (Å²) in [6.45, 7) is 10.1. The van der Waals surface area contributed by atoms with Crippen LogP contribution in [0.2, 0.25) is 0 Å². The molecule has 0 aromatic rings. The Hall–Kier alpha value is -0.0400. The third-order valence-corrected chi connectivity index (χ3v) is 4.44. The molecule has 13 heavy (non-hydrogen) atoms. The van der Waals surface area contributed by atoms with Crippen molar-refractivity contribution in [3.05, 3.63) is 0 Å². The molecule has 76 valence electrons. The third kappa shape index (κ3) is 1.09. The Balaban J connectivity index is 2.15. The fraction of sp³-hybridized carbons (Fsp3) is 1.00. The maximum atomic E-state index is 6.03. The second-order valence-electron chi connectivity index (χ2n) is 5.48. The van der Waals surface area contributed by atoms with E-state index < -0.39 is 0 Å². The molecule has 0 saturated heterocycles. The van der Waals surface area contributed by atoms with Crippen LogP contribution in [-0.4, -0.2) is 12.2 Å². The Bertz CT molecular complexity index is 209. The SMILES string of the molecule is CCOC12CC(C)CCC1C2(C)C. The first-order valence-electron chi connectivity index (χ1n) is 5.68. The summed E-state index contributed by atoms with van der Waals surface area (Å²) in [5, 5.41) is 0. The molecule has 2 saturated carbocycles. The summed E-state index contributed by atoms with van der Waals surface area (Å²) in [5.74, 6) is 1.71. The average molecular weight is 182 g/mol. The molecule has 0 amide bonds. The second-order valence-corrected chi connectivity index (χ2v) is 5.48. The van der Waals surface area contributed by atoms with E-state index in [1.807, 2.05) is 0 Å². The van der Waals surface area contributed by atoms with Crippen molar-refractivity contribution in [1.82, 2.24) is 0 Å². The van der Waals surface area contributed by atoms with E-state index in [-0.39, 0.29) is 5.60 Å². The lowest BCUT2D eigenvalue weighted by atomic mass is 9.88. The first-order valence-corrected chi connectivity index (χ1v) is 5.68. The van der Waals surface area contributed by atoms with Gasteiger partial charge in [0.15, 0.2) is 0 Å². The van der Waals surface area contributed by atoms with Crippen molar-refractivity contribution in [3.63, 3.8) is 0 Å². The van der Waals surface area contributed by atoms with Gasteiger partial charge in [0.2, 0.25) is 0 Å². The van der Waals surface area contributed by atoms with E-state index in [1.165, 1.54) is 19.3 Å². The number of hydrogen-bond donors (Lipinski definition) is 0. The van der Waals surface area contributed by atoms with Crippen LogP contribution in [0.25, 0.3) is 0 Å². The smallest absolute Gasteiger partial charge is 0.0773 e. The minimum Gasteiger partial charge on any atom is -0.374 e. The molecule has 2 rings (SSSR count). The lowest BCUT2D eigenvalue weighted by Crippen LogP contribution is -2.27. The van der Waals surface area contributed by atoms with Crippen LogP contribution in [0.3, 0.4) is 0 Å². The monoisotopic (exact) mass is 182 g/mol. The minimum absolute atomic E-state index is 0.263. The Morgan fingerprint density at radius 2 is 2.00 bits per heavy atom. The molecule has 0 heterocycles. The summed E-state index contributed by atoms with van der Waals surface area (Å²) in [5.41, 5.74) is 0.715. The van der Waals surface area contributed by atoms with Crippen molar-refractivity contribution in [1.29, 1.82) is 0 Å². The van der Waals surface area contributed by atoms with Crippen LogP contribution in [0.1, 0.15) is 47.0 Å². The molecule has 2 fully saturated rings. The van der Waals surface area contributed by atoms with Crippen LogP contribution >= 0.6 is 0 Å². The fourth-order valence-electron chi connectivity index (χ4n) is 3.60. The van der Waals surface area contributed by atoms with Crippen molar-refractivity contribution in [2.45, 2.75) is 52.6 Å². The van der Waals surface area contributed by atoms with Gasteiger partial charge in [-0.05, 0) is 37.0 Å². The summed E-state index contributed by atoms with van der Waals surface area (Å²) >= 11 is 0. The average Bonchev–Trinajstić information content (AvgIpc) is 2.48. The van der Waals surface area contributed by atoms with Crippen LogP contribution in [-0.2, 0) is 4.74 Å². The van der Waals surface area contributed by atoms with Gasteiger partial charge in [-0.2, -0.15) is 0 Å². The first-order chi connectivity index (χ1) is 6.04. The molecule has 1 heteroatoms. The van der Waals surface area contributed by atoms with Crippen LogP contribution in [0.5, 0.6) is 0 Å². The van der Waals surface area contributed by atoms with Gasteiger partial charge in [0, 0.05) is 6.61 Å². The van der Waals surface area contributed by atoms with Crippen LogP contribution in [0, 0.1) is 17.3 Å². The van der Waals surface area contributed by atoms with Gasteiger partial charge in [-0.3, -0.25) is 0 Å². The van der Waals surface area contributed by atoms with E-state index >= 15 is 0 Å². The number of hydrogen-bond acceptors (Lipinski definition) is 1. The Labute approximate surface area is 81.9 Å². The fourth-order valence-corrected chi connectivity index (χ4v) is 3.60. The van der Waals surface area contributed by atoms with E-state index in [2.05, 4.69) is 27.7 Å². The third-order valence-electron chi connectivity index (χ3n) is 4.44. The quantitative estimate of drug-likeness (QED) is 0.637. The van der Waals surface area contributed by atoms with Crippen molar-refractivity contribution in [2.24, 2.45) is 17.3 Å². The predicted molar refractivity (Wildman–Crippen MR) is 54.6 cm³/mol. The van der Waals surface area contributed by atoms with Crippen LogP contribution < -0.4 is 0 Å². The van der Waals surface area contributed by atoms with Gasteiger partial charge >= 0.3 is 0 Å². The van der Waals surface area contributed by atoms with E-state index in [0.29, 0.717) is 5.41 Å². The Morgan fingerprint density at radius 1 is 1.31 bits per heavy atom. The zero-order valence-electron chi connectivity index (χ0n) is 9.39. The van der Waals surface area contributed by atoms with E-state index in [1.54, 1.807) is 0 Å². The molecular weight excluding hydrogens is 160 g/mol. The van der Waals surface area contributed by atoms with Gasteiger partial charge in [-0.25, -0.2) is 0 Å². The first kappa shape index (κ1) is 9.51. The van der Waals surface area contributed by atoms with Gasteiger partial charge in [0.25, 0.3) is 0 Å². The highest BCUT2D eigenvalue weighted by atomic mass is 16.5. The lowest BCUT2D eigenvalue weighted by molar-refractivity contribution is -0.0184. The highest BCUT2D eigenvalue weighted by molar-refractivity contribution is 5.22. The van der Waals surface area contributed by atoms with Gasteiger partial charge in [0.05, 0.1) is 5.60 Å². The molecule has 0 spiro atoms. The molecule has 0 N–H and O–H groups in total. The normalized spacial score (nSPS) is 47.1. The second kappa shape index (κ2) is 2.73.